The summed E-state index contributed by atoms with van der Waals surface area (Å²) in [5, 5.41) is 11.2. The lowest BCUT2D eigenvalue weighted by molar-refractivity contribution is 0.409. The fourth-order valence-electron chi connectivity index (χ4n) is 1.49. The third-order valence-electron chi connectivity index (χ3n) is 2.41. The van der Waals surface area contributed by atoms with Gasteiger partial charge in [0.15, 0.2) is 5.82 Å². The third-order valence-corrected chi connectivity index (χ3v) is 2.41. The van der Waals surface area contributed by atoms with Crippen LogP contribution in [0, 0.1) is 0 Å². The number of aromatic nitrogens is 4. The molecule has 6 heteroatoms. The van der Waals surface area contributed by atoms with Gasteiger partial charge in [-0.2, -0.15) is 10.1 Å². The molecular formula is C10H15N5O. The Morgan fingerprint density at radius 1 is 1.38 bits per heavy atom. The van der Waals surface area contributed by atoms with Crippen molar-refractivity contribution in [3.8, 4) is 0 Å². The van der Waals surface area contributed by atoms with Gasteiger partial charge in [-0.3, -0.25) is 4.68 Å². The summed E-state index contributed by atoms with van der Waals surface area (Å²) in [6.07, 6.45) is 4.93. The zero-order valence-corrected chi connectivity index (χ0v) is 9.26. The molecule has 16 heavy (non-hydrogen) atoms. The molecule has 2 rings (SSSR count). The van der Waals surface area contributed by atoms with Crippen LogP contribution in [0.15, 0.2) is 23.2 Å². The summed E-state index contributed by atoms with van der Waals surface area (Å²) in [5.41, 5.74) is 1.23. The predicted octanol–water partition coefficient (Wildman–Crippen LogP) is 0.178. The van der Waals surface area contributed by atoms with Crippen LogP contribution in [-0.4, -0.2) is 33.0 Å². The molecule has 0 unspecified atom stereocenters. The van der Waals surface area contributed by atoms with E-state index in [0.29, 0.717) is 0 Å². The monoisotopic (exact) mass is 221 g/mol. The van der Waals surface area contributed by atoms with Crippen molar-refractivity contribution in [3.05, 3.63) is 30.2 Å². The maximum atomic E-state index is 4.65. The Morgan fingerprint density at radius 3 is 2.94 bits per heavy atom. The molecule has 0 bridgehead atoms. The second-order valence-corrected chi connectivity index (χ2v) is 3.54. The van der Waals surface area contributed by atoms with Crippen LogP contribution in [0.2, 0.25) is 0 Å². The van der Waals surface area contributed by atoms with E-state index in [0.717, 1.165) is 31.8 Å². The van der Waals surface area contributed by atoms with E-state index in [1.165, 1.54) is 12.1 Å². The van der Waals surface area contributed by atoms with E-state index < -0.39 is 0 Å². The van der Waals surface area contributed by atoms with Crippen LogP contribution in [0.1, 0.15) is 11.5 Å². The van der Waals surface area contributed by atoms with Crippen LogP contribution < -0.4 is 5.32 Å². The Bertz CT molecular complexity index is 409. The average Bonchev–Trinajstić information content (AvgIpc) is 2.90. The molecular weight excluding hydrogens is 206 g/mol. The standard InChI is InChI=1S/C10H15N5O/c1-15-9(3-7-13-15)2-5-11-6-4-10-12-8-16-14-10/h3,7-8,11H,2,4-6H2,1H3. The fraction of sp³-hybridized carbons (Fsp3) is 0.500. The summed E-state index contributed by atoms with van der Waals surface area (Å²) in [5.74, 6) is 0.744. The first-order valence-electron chi connectivity index (χ1n) is 5.29. The molecule has 0 atom stereocenters. The quantitative estimate of drug-likeness (QED) is 0.705. The molecule has 86 valence electrons. The van der Waals surface area contributed by atoms with Gasteiger partial charge in [-0.25, -0.2) is 0 Å². The minimum atomic E-state index is 0.744. The molecule has 2 aromatic rings. The molecule has 1 N–H and O–H groups in total. The molecule has 6 nitrogen and oxygen atoms in total. The van der Waals surface area contributed by atoms with E-state index in [1.54, 1.807) is 0 Å². The summed E-state index contributed by atoms with van der Waals surface area (Å²) < 4.78 is 6.54. The highest BCUT2D eigenvalue weighted by Crippen LogP contribution is 1.96. The SMILES string of the molecule is Cn1nccc1CCNCCc1ncon1. The lowest BCUT2D eigenvalue weighted by Gasteiger charge is -2.03. The van der Waals surface area contributed by atoms with Crippen LogP contribution in [0.5, 0.6) is 0 Å². The molecule has 0 aliphatic heterocycles. The van der Waals surface area contributed by atoms with E-state index in [9.17, 15) is 0 Å². The van der Waals surface area contributed by atoms with Crippen molar-refractivity contribution < 1.29 is 4.52 Å². The zero-order chi connectivity index (χ0) is 11.2. The lowest BCUT2D eigenvalue weighted by atomic mass is 10.3. The minimum Gasteiger partial charge on any atom is -0.343 e. The highest BCUT2D eigenvalue weighted by atomic mass is 16.5. The van der Waals surface area contributed by atoms with Gasteiger partial charge in [-0.05, 0) is 6.07 Å². The predicted molar refractivity (Wildman–Crippen MR) is 57.8 cm³/mol. The smallest absolute Gasteiger partial charge is 0.213 e. The van der Waals surface area contributed by atoms with Crippen LogP contribution in [0.4, 0.5) is 0 Å². The number of nitrogens with zero attached hydrogens (tertiary/aromatic N) is 4. The summed E-state index contributed by atoms with van der Waals surface area (Å²) in [4.78, 5) is 3.95. The zero-order valence-electron chi connectivity index (χ0n) is 9.26. The van der Waals surface area contributed by atoms with E-state index in [1.807, 2.05) is 24.0 Å². The van der Waals surface area contributed by atoms with Crippen LogP contribution in [-0.2, 0) is 19.9 Å². The average molecular weight is 221 g/mol. The van der Waals surface area contributed by atoms with Crippen molar-refractivity contribution in [3.63, 3.8) is 0 Å². The van der Waals surface area contributed by atoms with E-state index in [2.05, 4.69) is 25.1 Å². The normalized spacial score (nSPS) is 10.8. The topological polar surface area (TPSA) is 68.8 Å². The molecule has 0 fully saturated rings. The minimum absolute atomic E-state index is 0.744. The molecule has 2 heterocycles. The van der Waals surface area contributed by atoms with Gasteiger partial charge in [-0.15, -0.1) is 0 Å². The first-order chi connectivity index (χ1) is 7.86. The highest BCUT2D eigenvalue weighted by Gasteiger charge is 1.99. The van der Waals surface area contributed by atoms with Crippen molar-refractivity contribution in [1.29, 1.82) is 0 Å². The first-order valence-corrected chi connectivity index (χ1v) is 5.29. The van der Waals surface area contributed by atoms with Crippen molar-refractivity contribution in [2.45, 2.75) is 12.8 Å². The molecule has 2 aromatic heterocycles. The van der Waals surface area contributed by atoms with E-state index >= 15 is 0 Å². The van der Waals surface area contributed by atoms with Gasteiger partial charge in [0.05, 0.1) is 0 Å². The van der Waals surface area contributed by atoms with E-state index in [4.69, 9.17) is 0 Å². The molecule has 0 aliphatic rings. The van der Waals surface area contributed by atoms with Crippen molar-refractivity contribution in [2.24, 2.45) is 7.05 Å². The summed E-state index contributed by atoms with van der Waals surface area (Å²) in [6.45, 7) is 1.79. The Morgan fingerprint density at radius 2 is 2.25 bits per heavy atom. The first kappa shape index (κ1) is 10.8. The van der Waals surface area contributed by atoms with Gasteiger partial charge >= 0.3 is 0 Å². The van der Waals surface area contributed by atoms with Gasteiger partial charge in [0, 0.05) is 44.9 Å². The van der Waals surface area contributed by atoms with Crippen molar-refractivity contribution in [2.75, 3.05) is 13.1 Å². The second-order valence-electron chi connectivity index (χ2n) is 3.54. The van der Waals surface area contributed by atoms with Gasteiger partial charge < -0.3 is 9.84 Å². The number of aryl methyl sites for hydroxylation is 1. The molecule has 0 aliphatic carbocycles. The Kier molecular flexibility index (Phi) is 3.66. The number of hydrogen-bond donors (Lipinski definition) is 1. The molecule has 0 saturated carbocycles. The van der Waals surface area contributed by atoms with Crippen LogP contribution in [0.25, 0.3) is 0 Å². The second kappa shape index (κ2) is 5.41. The summed E-state index contributed by atoms with van der Waals surface area (Å²) >= 11 is 0. The Labute approximate surface area is 93.7 Å². The molecule has 0 amide bonds. The number of nitrogens with one attached hydrogen (secondary N) is 1. The van der Waals surface area contributed by atoms with Gasteiger partial charge in [0.2, 0.25) is 6.39 Å². The van der Waals surface area contributed by atoms with Crippen LogP contribution in [0.3, 0.4) is 0 Å². The number of rotatable bonds is 6. The maximum Gasteiger partial charge on any atom is 0.213 e. The van der Waals surface area contributed by atoms with Crippen molar-refractivity contribution in [1.82, 2.24) is 25.2 Å². The maximum absolute atomic E-state index is 4.65. The number of hydrogen-bond acceptors (Lipinski definition) is 5. The van der Waals surface area contributed by atoms with Gasteiger partial charge in [0.25, 0.3) is 0 Å². The Hall–Kier alpha value is -1.69. The van der Waals surface area contributed by atoms with Crippen LogP contribution >= 0.6 is 0 Å². The summed E-state index contributed by atoms with van der Waals surface area (Å²) in [7, 11) is 1.95. The largest absolute Gasteiger partial charge is 0.343 e. The van der Waals surface area contributed by atoms with Crippen molar-refractivity contribution >= 4 is 0 Å². The lowest BCUT2D eigenvalue weighted by Crippen LogP contribution is -2.21. The molecule has 0 saturated heterocycles. The Balaban J connectivity index is 1.61. The molecule has 0 spiro atoms. The van der Waals surface area contributed by atoms with Gasteiger partial charge in [-0.1, -0.05) is 5.16 Å². The highest BCUT2D eigenvalue weighted by molar-refractivity contribution is 5.00. The molecule has 0 aromatic carbocycles. The fourth-order valence-corrected chi connectivity index (χ4v) is 1.49. The third kappa shape index (κ3) is 2.90. The van der Waals surface area contributed by atoms with E-state index in [-0.39, 0.29) is 0 Å². The molecule has 0 radical (unpaired) electrons. The van der Waals surface area contributed by atoms with Gasteiger partial charge in [0.1, 0.15) is 0 Å². The summed E-state index contributed by atoms with van der Waals surface area (Å²) in [6, 6.07) is 2.03.